The van der Waals surface area contributed by atoms with Gasteiger partial charge in [-0.2, -0.15) is 5.26 Å². The van der Waals surface area contributed by atoms with E-state index in [2.05, 4.69) is 18.3 Å². The zero-order valence-corrected chi connectivity index (χ0v) is 8.34. The molecule has 0 aromatic heterocycles. The molecule has 2 fully saturated rings. The molecule has 2 aliphatic carbocycles. The van der Waals surface area contributed by atoms with Crippen LogP contribution in [0.1, 0.15) is 39.0 Å². The molecule has 2 rings (SSSR count). The topological polar surface area (TPSA) is 35.8 Å². The maximum Gasteiger partial charge on any atom is 0.0638 e. The van der Waals surface area contributed by atoms with Crippen LogP contribution < -0.4 is 5.32 Å². The van der Waals surface area contributed by atoms with Crippen molar-refractivity contribution in [3.05, 3.63) is 0 Å². The molecule has 0 bridgehead atoms. The first-order valence-corrected chi connectivity index (χ1v) is 5.37. The van der Waals surface area contributed by atoms with Crippen LogP contribution in [0.25, 0.3) is 0 Å². The average molecular weight is 178 g/mol. The second-order valence-corrected chi connectivity index (χ2v) is 4.78. The van der Waals surface area contributed by atoms with Crippen molar-refractivity contribution in [3.63, 3.8) is 0 Å². The Kier molecular flexibility index (Phi) is 2.29. The molecular weight excluding hydrogens is 160 g/mol. The van der Waals surface area contributed by atoms with Crippen molar-refractivity contribution in [1.29, 1.82) is 5.26 Å². The van der Waals surface area contributed by atoms with Crippen molar-refractivity contribution in [2.45, 2.75) is 45.1 Å². The normalized spacial score (nSPS) is 26.5. The lowest BCUT2D eigenvalue weighted by atomic mass is 10.0. The molecule has 0 heterocycles. The molecule has 0 aromatic carbocycles. The number of nitrogens with one attached hydrogen (secondary N) is 1. The third-order valence-electron chi connectivity index (χ3n) is 3.54. The van der Waals surface area contributed by atoms with E-state index < -0.39 is 0 Å². The highest BCUT2D eigenvalue weighted by molar-refractivity contribution is 5.05. The Bertz CT molecular complexity index is 221. The molecule has 2 saturated carbocycles. The second-order valence-electron chi connectivity index (χ2n) is 4.78. The Morgan fingerprint density at radius 3 is 2.69 bits per heavy atom. The first kappa shape index (κ1) is 9.02. The monoisotopic (exact) mass is 178 g/mol. The summed E-state index contributed by atoms with van der Waals surface area (Å²) in [4.78, 5) is 0. The fourth-order valence-electron chi connectivity index (χ4n) is 2.17. The highest BCUT2D eigenvalue weighted by Crippen LogP contribution is 2.60. The molecule has 0 aliphatic heterocycles. The molecule has 1 unspecified atom stereocenters. The Morgan fingerprint density at radius 2 is 2.23 bits per heavy atom. The van der Waals surface area contributed by atoms with Gasteiger partial charge in [-0.05, 0) is 43.9 Å². The van der Waals surface area contributed by atoms with E-state index in [-0.39, 0.29) is 0 Å². The van der Waals surface area contributed by atoms with E-state index in [1.54, 1.807) is 0 Å². The summed E-state index contributed by atoms with van der Waals surface area (Å²) in [5.74, 6) is 1.02. The van der Waals surface area contributed by atoms with Gasteiger partial charge in [0.1, 0.15) is 0 Å². The molecule has 0 aromatic rings. The van der Waals surface area contributed by atoms with Crippen molar-refractivity contribution in [1.82, 2.24) is 5.32 Å². The van der Waals surface area contributed by atoms with Crippen LogP contribution in [0.3, 0.4) is 0 Å². The Labute approximate surface area is 80.3 Å². The Morgan fingerprint density at radius 1 is 1.54 bits per heavy atom. The third-order valence-corrected chi connectivity index (χ3v) is 3.54. The molecule has 2 aliphatic rings. The minimum atomic E-state index is 0.376. The van der Waals surface area contributed by atoms with Gasteiger partial charge in [-0.15, -0.1) is 0 Å². The van der Waals surface area contributed by atoms with Crippen LogP contribution in [0.2, 0.25) is 0 Å². The van der Waals surface area contributed by atoms with E-state index >= 15 is 0 Å². The van der Waals surface area contributed by atoms with Gasteiger partial charge < -0.3 is 5.32 Å². The molecule has 0 radical (unpaired) electrons. The summed E-state index contributed by atoms with van der Waals surface area (Å²) in [6, 6.07) is 2.58. The molecule has 0 saturated heterocycles. The predicted octanol–water partition coefficient (Wildman–Crippen LogP) is 2.07. The lowest BCUT2D eigenvalue weighted by Crippen LogP contribution is -2.32. The summed E-state index contributed by atoms with van der Waals surface area (Å²) in [6.45, 7) is 3.26. The summed E-state index contributed by atoms with van der Waals surface area (Å²) < 4.78 is 0. The van der Waals surface area contributed by atoms with Gasteiger partial charge >= 0.3 is 0 Å². The SMILES string of the molecule is CC(CC#N)NCC1(C2CC2)CC1. The van der Waals surface area contributed by atoms with E-state index in [4.69, 9.17) is 5.26 Å². The fraction of sp³-hybridized carbons (Fsp3) is 0.909. The molecule has 13 heavy (non-hydrogen) atoms. The van der Waals surface area contributed by atoms with Crippen molar-refractivity contribution in [2.75, 3.05) is 6.54 Å². The van der Waals surface area contributed by atoms with Crippen LogP contribution in [0.15, 0.2) is 0 Å². The molecule has 72 valence electrons. The van der Waals surface area contributed by atoms with Crippen LogP contribution in [0.4, 0.5) is 0 Å². The van der Waals surface area contributed by atoms with Crippen molar-refractivity contribution < 1.29 is 0 Å². The van der Waals surface area contributed by atoms with Gasteiger partial charge in [0.2, 0.25) is 0 Å². The number of hydrogen-bond acceptors (Lipinski definition) is 2. The largest absolute Gasteiger partial charge is 0.313 e. The smallest absolute Gasteiger partial charge is 0.0638 e. The third kappa shape index (κ3) is 2.03. The zero-order valence-electron chi connectivity index (χ0n) is 8.34. The zero-order chi connectivity index (χ0) is 9.31. The summed E-state index contributed by atoms with van der Waals surface area (Å²) >= 11 is 0. The Balaban J connectivity index is 1.70. The Hall–Kier alpha value is -0.550. The van der Waals surface area contributed by atoms with Crippen molar-refractivity contribution in [3.8, 4) is 6.07 Å². The molecule has 0 amide bonds. The van der Waals surface area contributed by atoms with Gasteiger partial charge in [-0.3, -0.25) is 0 Å². The number of nitriles is 1. The maximum atomic E-state index is 8.51. The van der Waals surface area contributed by atoms with Crippen LogP contribution >= 0.6 is 0 Å². The molecular formula is C11H18N2. The van der Waals surface area contributed by atoms with Crippen molar-refractivity contribution in [2.24, 2.45) is 11.3 Å². The molecule has 1 atom stereocenters. The van der Waals surface area contributed by atoms with E-state index in [0.29, 0.717) is 17.9 Å². The standard InChI is InChI=1S/C11H18N2/c1-9(4-7-12)13-8-11(5-6-11)10-2-3-10/h9-10,13H,2-6,8H2,1H3. The van der Waals surface area contributed by atoms with Crippen molar-refractivity contribution >= 4 is 0 Å². The van der Waals surface area contributed by atoms with Gasteiger partial charge in [0.05, 0.1) is 12.5 Å². The molecule has 1 N–H and O–H groups in total. The van der Waals surface area contributed by atoms with E-state index in [9.17, 15) is 0 Å². The van der Waals surface area contributed by atoms with Gasteiger partial charge in [-0.1, -0.05) is 0 Å². The van der Waals surface area contributed by atoms with Crippen LogP contribution in [0.5, 0.6) is 0 Å². The first-order valence-electron chi connectivity index (χ1n) is 5.37. The van der Waals surface area contributed by atoms with Gasteiger partial charge in [-0.25, -0.2) is 0 Å². The summed E-state index contributed by atoms with van der Waals surface area (Å²) in [5, 5.41) is 12.0. The van der Waals surface area contributed by atoms with E-state index in [1.807, 2.05) is 0 Å². The summed E-state index contributed by atoms with van der Waals surface area (Å²) in [5.41, 5.74) is 0.670. The molecule has 2 nitrogen and oxygen atoms in total. The number of hydrogen-bond donors (Lipinski definition) is 1. The fourth-order valence-corrected chi connectivity index (χ4v) is 2.17. The van der Waals surface area contributed by atoms with Gasteiger partial charge in [0.15, 0.2) is 0 Å². The highest BCUT2D eigenvalue weighted by Gasteiger charge is 2.53. The summed E-state index contributed by atoms with van der Waals surface area (Å²) in [6.07, 6.45) is 6.39. The number of rotatable bonds is 5. The predicted molar refractivity (Wildman–Crippen MR) is 52.1 cm³/mol. The first-order chi connectivity index (χ1) is 6.27. The second kappa shape index (κ2) is 3.31. The quantitative estimate of drug-likeness (QED) is 0.699. The van der Waals surface area contributed by atoms with E-state index in [0.717, 1.165) is 12.5 Å². The maximum absolute atomic E-state index is 8.51. The lowest BCUT2D eigenvalue weighted by Gasteiger charge is -2.17. The minimum Gasteiger partial charge on any atom is -0.313 e. The van der Waals surface area contributed by atoms with Crippen LogP contribution in [-0.4, -0.2) is 12.6 Å². The summed E-state index contributed by atoms with van der Waals surface area (Å²) in [7, 11) is 0. The molecule has 2 heteroatoms. The van der Waals surface area contributed by atoms with Crippen LogP contribution in [-0.2, 0) is 0 Å². The lowest BCUT2D eigenvalue weighted by molar-refractivity contribution is 0.380. The highest BCUT2D eigenvalue weighted by atomic mass is 14.9. The van der Waals surface area contributed by atoms with Gasteiger partial charge in [0, 0.05) is 12.6 Å². The van der Waals surface area contributed by atoms with E-state index in [1.165, 1.54) is 25.7 Å². The van der Waals surface area contributed by atoms with Gasteiger partial charge in [0.25, 0.3) is 0 Å². The van der Waals surface area contributed by atoms with Crippen LogP contribution in [0, 0.1) is 22.7 Å². The minimum absolute atomic E-state index is 0.376. The molecule has 0 spiro atoms. The number of nitrogens with zero attached hydrogens (tertiary/aromatic N) is 1. The average Bonchev–Trinajstić information content (AvgIpc) is 2.95.